The van der Waals surface area contributed by atoms with Crippen LogP contribution in [0, 0.1) is 0 Å². The molecule has 1 aliphatic heterocycles. The molecule has 2 aromatic heterocycles. The maximum absolute atomic E-state index is 13.3. The second kappa shape index (κ2) is 7.92. The fourth-order valence-corrected chi connectivity index (χ4v) is 5.16. The Morgan fingerprint density at radius 3 is 2.39 bits per heavy atom. The minimum atomic E-state index is -0.296. The van der Waals surface area contributed by atoms with Crippen molar-refractivity contribution in [3.8, 4) is 11.4 Å². The van der Waals surface area contributed by atoms with E-state index >= 15 is 0 Å². The molecule has 168 valence electrons. The highest BCUT2D eigenvalue weighted by Crippen LogP contribution is 2.35. The van der Waals surface area contributed by atoms with Crippen LogP contribution in [0.15, 0.2) is 53.3 Å². The molecule has 0 radical (unpaired) electrons. The molecule has 1 aliphatic rings. The van der Waals surface area contributed by atoms with Crippen LogP contribution in [0.5, 0.6) is 0 Å². The Labute approximate surface area is 196 Å². The SMILES string of the molecule is CCCCN1C(=O)/C(=c2\sc3nc(-c4ccc(C(C)(C)C)cc4)nn3c2=O)c2ccccc21. The van der Waals surface area contributed by atoms with Crippen LogP contribution in [-0.4, -0.2) is 27.0 Å². The van der Waals surface area contributed by atoms with Crippen LogP contribution in [0.3, 0.4) is 0 Å². The van der Waals surface area contributed by atoms with Gasteiger partial charge >= 0.3 is 0 Å². The van der Waals surface area contributed by atoms with E-state index in [0.717, 1.165) is 29.7 Å². The van der Waals surface area contributed by atoms with E-state index in [2.05, 4.69) is 49.9 Å². The summed E-state index contributed by atoms with van der Waals surface area (Å²) in [7, 11) is 0. The van der Waals surface area contributed by atoms with E-state index in [1.807, 2.05) is 36.4 Å². The zero-order valence-electron chi connectivity index (χ0n) is 19.3. The number of para-hydroxylation sites is 1. The van der Waals surface area contributed by atoms with E-state index < -0.39 is 0 Å². The third-order valence-electron chi connectivity index (χ3n) is 6.05. The minimum Gasteiger partial charge on any atom is -0.308 e. The van der Waals surface area contributed by atoms with E-state index in [-0.39, 0.29) is 16.9 Å². The summed E-state index contributed by atoms with van der Waals surface area (Å²) in [6, 6.07) is 15.8. The molecule has 0 atom stereocenters. The topological polar surface area (TPSA) is 67.6 Å². The molecule has 6 nitrogen and oxygen atoms in total. The summed E-state index contributed by atoms with van der Waals surface area (Å²) in [6.07, 6.45) is 1.90. The lowest BCUT2D eigenvalue weighted by molar-refractivity contribution is -0.113. The van der Waals surface area contributed by atoms with Crippen LogP contribution in [0.4, 0.5) is 5.69 Å². The number of unbranched alkanes of at least 4 members (excludes halogenated alkanes) is 1. The third-order valence-corrected chi connectivity index (χ3v) is 7.08. The van der Waals surface area contributed by atoms with Crippen molar-refractivity contribution < 1.29 is 4.79 Å². The molecular formula is C26H26N4O2S. The van der Waals surface area contributed by atoms with Gasteiger partial charge in [-0.3, -0.25) is 9.59 Å². The number of nitrogens with zero attached hydrogens (tertiary/aromatic N) is 4. The Hall–Kier alpha value is -3.32. The summed E-state index contributed by atoms with van der Waals surface area (Å²) < 4.78 is 1.72. The lowest BCUT2D eigenvalue weighted by atomic mass is 9.87. The standard InChI is InChI=1S/C26H26N4O2S/c1-5-6-15-29-19-10-8-7-9-18(19)20(23(29)31)21-24(32)30-25(33-21)27-22(28-30)16-11-13-17(14-12-16)26(2,3)4/h7-14H,5-6,15H2,1-4H3/b21-20-. The number of aromatic nitrogens is 3. The largest absolute Gasteiger partial charge is 0.308 e. The van der Waals surface area contributed by atoms with E-state index in [4.69, 9.17) is 0 Å². The highest BCUT2D eigenvalue weighted by molar-refractivity contribution is 7.15. The van der Waals surface area contributed by atoms with Gasteiger partial charge in [0.1, 0.15) is 4.53 Å². The van der Waals surface area contributed by atoms with E-state index in [9.17, 15) is 9.59 Å². The first-order valence-corrected chi connectivity index (χ1v) is 12.1. The van der Waals surface area contributed by atoms with Gasteiger partial charge in [-0.2, -0.15) is 9.50 Å². The van der Waals surface area contributed by atoms with E-state index in [1.54, 1.807) is 4.90 Å². The van der Waals surface area contributed by atoms with Gasteiger partial charge in [0, 0.05) is 17.7 Å². The smallest absolute Gasteiger partial charge is 0.291 e. The molecule has 0 saturated heterocycles. The van der Waals surface area contributed by atoms with Crippen LogP contribution >= 0.6 is 11.3 Å². The first kappa shape index (κ1) is 21.5. The van der Waals surface area contributed by atoms with Crippen molar-refractivity contribution in [3.63, 3.8) is 0 Å². The molecule has 1 amide bonds. The molecule has 0 N–H and O–H groups in total. The number of fused-ring (bicyclic) bond motifs is 2. The van der Waals surface area contributed by atoms with Crippen LogP contribution in [0.25, 0.3) is 21.9 Å². The molecule has 0 fully saturated rings. The van der Waals surface area contributed by atoms with Crippen LogP contribution in [-0.2, 0) is 10.2 Å². The molecule has 2 aromatic carbocycles. The van der Waals surface area contributed by atoms with Gasteiger partial charge in [-0.25, -0.2) is 0 Å². The average molecular weight is 459 g/mol. The van der Waals surface area contributed by atoms with Crippen molar-refractivity contribution in [2.45, 2.75) is 46.0 Å². The maximum atomic E-state index is 13.3. The first-order valence-electron chi connectivity index (χ1n) is 11.3. The van der Waals surface area contributed by atoms with Crippen molar-refractivity contribution >= 4 is 33.5 Å². The average Bonchev–Trinajstić information content (AvgIpc) is 3.42. The predicted molar refractivity (Wildman–Crippen MR) is 133 cm³/mol. The van der Waals surface area contributed by atoms with Crippen molar-refractivity contribution in [1.29, 1.82) is 0 Å². The van der Waals surface area contributed by atoms with Gasteiger partial charge in [-0.1, -0.05) is 87.9 Å². The molecule has 0 aliphatic carbocycles. The molecule has 5 rings (SSSR count). The van der Waals surface area contributed by atoms with Gasteiger partial charge in [0.25, 0.3) is 11.5 Å². The number of hydrogen-bond acceptors (Lipinski definition) is 5. The van der Waals surface area contributed by atoms with E-state index in [1.165, 1.54) is 21.4 Å². The number of carbonyl (C=O) groups excluding carboxylic acids is 1. The van der Waals surface area contributed by atoms with Crippen LogP contribution in [0.1, 0.15) is 51.7 Å². The molecule has 0 unspecified atom stereocenters. The van der Waals surface area contributed by atoms with Gasteiger partial charge in [-0.15, -0.1) is 5.10 Å². The minimum absolute atomic E-state index is 0.0595. The number of benzene rings is 2. The molecule has 7 heteroatoms. The summed E-state index contributed by atoms with van der Waals surface area (Å²) in [5.41, 5.74) is 3.98. The lowest BCUT2D eigenvalue weighted by Gasteiger charge is -2.18. The van der Waals surface area contributed by atoms with Gasteiger partial charge in [0.05, 0.1) is 11.3 Å². The Kier molecular flexibility index (Phi) is 5.16. The normalized spacial score (nSPS) is 15.5. The van der Waals surface area contributed by atoms with Gasteiger partial charge in [0.2, 0.25) is 4.96 Å². The Morgan fingerprint density at radius 1 is 1.00 bits per heavy atom. The molecule has 33 heavy (non-hydrogen) atoms. The van der Waals surface area contributed by atoms with Crippen molar-refractivity contribution in [1.82, 2.24) is 14.6 Å². The fraction of sp³-hybridized carbons (Fsp3) is 0.308. The summed E-state index contributed by atoms with van der Waals surface area (Å²) in [6.45, 7) is 9.24. The van der Waals surface area contributed by atoms with Crippen molar-refractivity contribution in [2.24, 2.45) is 0 Å². The number of rotatable bonds is 4. The number of anilines is 1. The first-order chi connectivity index (χ1) is 15.8. The fourth-order valence-electron chi connectivity index (χ4n) is 4.16. The summed E-state index contributed by atoms with van der Waals surface area (Å²) in [4.78, 5) is 33.5. The maximum Gasteiger partial charge on any atom is 0.291 e. The zero-order valence-corrected chi connectivity index (χ0v) is 20.1. The molecule has 4 aromatic rings. The second-order valence-electron chi connectivity index (χ2n) is 9.40. The molecule has 0 bridgehead atoms. The summed E-state index contributed by atoms with van der Waals surface area (Å²) in [5.74, 6) is 0.391. The van der Waals surface area contributed by atoms with E-state index in [0.29, 0.717) is 27.4 Å². The number of amides is 1. The number of hydrogen-bond donors (Lipinski definition) is 0. The number of carbonyl (C=O) groups is 1. The predicted octanol–water partition coefficient (Wildman–Crippen LogP) is 4.18. The third kappa shape index (κ3) is 3.56. The molecular weight excluding hydrogens is 432 g/mol. The Balaban J connectivity index is 1.61. The molecule has 3 heterocycles. The number of thiazole rings is 1. The molecule has 0 spiro atoms. The van der Waals surface area contributed by atoms with Crippen molar-refractivity contribution in [2.75, 3.05) is 11.4 Å². The summed E-state index contributed by atoms with van der Waals surface area (Å²) >= 11 is 1.23. The highest BCUT2D eigenvalue weighted by atomic mass is 32.1. The zero-order chi connectivity index (χ0) is 23.3. The van der Waals surface area contributed by atoms with Gasteiger partial charge in [0.15, 0.2) is 5.82 Å². The summed E-state index contributed by atoms with van der Waals surface area (Å²) in [5, 5.41) is 4.48. The highest BCUT2D eigenvalue weighted by Gasteiger charge is 2.33. The quantitative estimate of drug-likeness (QED) is 0.460. The monoisotopic (exact) mass is 458 g/mol. The lowest BCUT2D eigenvalue weighted by Crippen LogP contribution is -2.33. The Bertz CT molecular complexity index is 1480. The van der Waals surface area contributed by atoms with Crippen LogP contribution in [0.2, 0.25) is 0 Å². The second-order valence-corrected chi connectivity index (χ2v) is 10.4. The van der Waals surface area contributed by atoms with Crippen molar-refractivity contribution in [3.05, 3.63) is 74.5 Å². The Morgan fingerprint density at radius 2 is 1.73 bits per heavy atom. The molecule has 0 saturated carbocycles. The van der Waals surface area contributed by atoms with Gasteiger partial charge < -0.3 is 4.90 Å². The van der Waals surface area contributed by atoms with Crippen LogP contribution < -0.4 is 15.0 Å². The van der Waals surface area contributed by atoms with Gasteiger partial charge in [-0.05, 0) is 23.5 Å².